The minimum absolute atomic E-state index is 0.349. The van der Waals surface area contributed by atoms with E-state index in [9.17, 15) is 0 Å². The Balaban J connectivity index is 4.11. The summed E-state index contributed by atoms with van der Waals surface area (Å²) < 4.78 is 9.99. The second-order valence-corrected chi connectivity index (χ2v) is 4.47. The van der Waals surface area contributed by atoms with Crippen molar-refractivity contribution < 1.29 is 9.16 Å². The van der Waals surface area contributed by atoms with Crippen molar-refractivity contribution in [3.8, 4) is 35.9 Å². The highest BCUT2D eigenvalue weighted by Gasteiger charge is 2.28. The summed E-state index contributed by atoms with van der Waals surface area (Å²) in [5, 5.41) is 0. The summed E-state index contributed by atoms with van der Waals surface area (Å²) >= 11 is 0. The maximum Gasteiger partial charge on any atom is 0.436 e. The van der Waals surface area contributed by atoms with Gasteiger partial charge in [0.15, 0.2) is 0 Å². The van der Waals surface area contributed by atoms with Crippen LogP contribution in [0.1, 0.15) is 0 Å². The quantitative estimate of drug-likeness (QED) is 0.346. The van der Waals surface area contributed by atoms with E-state index in [-0.39, 0.29) is 0 Å². The Kier molecular flexibility index (Phi) is 4.93. The van der Waals surface area contributed by atoms with Crippen LogP contribution in [-0.4, -0.2) is 28.6 Å². The van der Waals surface area contributed by atoms with E-state index in [1.54, 1.807) is 7.11 Å². The number of methoxy groups -OCH3 is 1. The third-order valence-corrected chi connectivity index (χ3v) is 3.07. The van der Waals surface area contributed by atoms with Crippen LogP contribution in [0.3, 0.4) is 0 Å². The average Bonchev–Trinajstić information content (AvgIpc) is 2.14. The van der Waals surface area contributed by atoms with Crippen LogP contribution in [0.15, 0.2) is 0 Å². The van der Waals surface area contributed by atoms with Gasteiger partial charge in [0.2, 0.25) is 0 Å². The molecule has 0 aromatic heterocycles. The van der Waals surface area contributed by atoms with E-state index in [1.807, 2.05) is 0 Å². The van der Waals surface area contributed by atoms with E-state index < -0.39 is 8.32 Å². The van der Waals surface area contributed by atoms with E-state index in [0.29, 0.717) is 13.2 Å². The molecule has 0 heterocycles. The highest BCUT2D eigenvalue weighted by atomic mass is 28.4. The highest BCUT2D eigenvalue weighted by molar-refractivity contribution is 6.95. The number of hydrogen-bond acceptors (Lipinski definition) is 2. The first-order valence-electron chi connectivity index (χ1n) is 3.31. The summed E-state index contributed by atoms with van der Waals surface area (Å²) in [4.78, 5) is 0. The molecule has 0 aliphatic heterocycles. The summed E-state index contributed by atoms with van der Waals surface area (Å²) in [6.07, 6.45) is 15.5. The van der Waals surface area contributed by atoms with Gasteiger partial charge in [0.25, 0.3) is 0 Å². The second-order valence-electron chi connectivity index (χ2n) is 1.96. The highest BCUT2D eigenvalue weighted by Crippen LogP contribution is 1.99. The molecule has 0 saturated heterocycles. The van der Waals surface area contributed by atoms with Crippen molar-refractivity contribution in [3.05, 3.63) is 0 Å². The zero-order valence-corrected chi connectivity index (χ0v) is 7.96. The molecule has 62 valence electrons. The summed E-state index contributed by atoms with van der Waals surface area (Å²) in [6, 6.07) is 0. The molecule has 0 aliphatic rings. The van der Waals surface area contributed by atoms with Gasteiger partial charge in [0, 0.05) is 7.11 Å². The molecule has 0 unspecified atom stereocenters. The van der Waals surface area contributed by atoms with Crippen LogP contribution in [0.4, 0.5) is 0 Å². The predicted octanol–water partition coefficient (Wildman–Crippen LogP) is 0.112. The minimum atomic E-state index is -2.75. The summed E-state index contributed by atoms with van der Waals surface area (Å²) in [5.41, 5.74) is 7.09. The Hall–Kier alpha value is -1.18. The van der Waals surface area contributed by atoms with Crippen LogP contribution in [0.25, 0.3) is 0 Å². The predicted molar refractivity (Wildman–Crippen MR) is 50.1 cm³/mol. The Morgan fingerprint density at radius 1 is 1.08 bits per heavy atom. The standard InChI is InChI=1S/C9H10O2Si/c1-5-12(6-2,7-3)11-9-8-10-4/h1-3H,8-9H2,4H3. The second kappa shape index (κ2) is 5.47. The molecular weight excluding hydrogens is 168 g/mol. The SMILES string of the molecule is C#C[Si](C#C)(C#C)OCCOC. The lowest BCUT2D eigenvalue weighted by Crippen LogP contribution is -2.35. The van der Waals surface area contributed by atoms with Crippen LogP contribution in [-0.2, 0) is 9.16 Å². The molecule has 0 N–H and O–H groups in total. The monoisotopic (exact) mass is 178 g/mol. The first-order valence-corrected chi connectivity index (χ1v) is 5.21. The van der Waals surface area contributed by atoms with E-state index in [0.717, 1.165) is 0 Å². The van der Waals surface area contributed by atoms with Crippen LogP contribution in [0.5, 0.6) is 0 Å². The van der Waals surface area contributed by atoms with E-state index in [1.165, 1.54) is 0 Å². The van der Waals surface area contributed by atoms with Crippen molar-refractivity contribution in [1.29, 1.82) is 0 Å². The lowest BCUT2D eigenvalue weighted by Gasteiger charge is -2.12. The van der Waals surface area contributed by atoms with Crippen molar-refractivity contribution in [2.75, 3.05) is 20.3 Å². The molecule has 0 amide bonds. The van der Waals surface area contributed by atoms with Gasteiger partial charge in [-0.25, -0.2) is 0 Å². The first kappa shape index (κ1) is 10.8. The molecule has 0 spiro atoms. The van der Waals surface area contributed by atoms with Gasteiger partial charge in [-0.05, 0) is 0 Å². The molecule has 0 atom stereocenters. The van der Waals surface area contributed by atoms with E-state index in [4.69, 9.17) is 28.4 Å². The fraction of sp³-hybridized carbons (Fsp3) is 0.333. The van der Waals surface area contributed by atoms with Gasteiger partial charge in [-0.1, -0.05) is 16.6 Å². The molecule has 0 fully saturated rings. The lowest BCUT2D eigenvalue weighted by atomic mass is 10.8. The fourth-order valence-electron chi connectivity index (χ4n) is 0.528. The molecule has 2 nitrogen and oxygen atoms in total. The Labute approximate surface area is 74.4 Å². The Morgan fingerprint density at radius 2 is 1.58 bits per heavy atom. The third-order valence-electron chi connectivity index (χ3n) is 1.22. The molecule has 0 aromatic rings. The molecule has 0 aromatic carbocycles. The molecule has 0 bridgehead atoms. The number of rotatable bonds is 4. The van der Waals surface area contributed by atoms with Gasteiger partial charge >= 0.3 is 8.32 Å². The summed E-state index contributed by atoms with van der Waals surface area (Å²) in [5.74, 6) is 0. The van der Waals surface area contributed by atoms with Crippen LogP contribution >= 0.6 is 0 Å². The maximum absolute atomic E-state index is 5.22. The van der Waals surface area contributed by atoms with Crippen molar-refractivity contribution >= 4 is 8.32 Å². The van der Waals surface area contributed by atoms with E-state index >= 15 is 0 Å². The molecule has 0 saturated carbocycles. The molecule has 0 radical (unpaired) electrons. The summed E-state index contributed by atoms with van der Waals surface area (Å²) in [7, 11) is -1.19. The average molecular weight is 178 g/mol. The molecule has 0 aliphatic carbocycles. The third kappa shape index (κ3) is 2.82. The van der Waals surface area contributed by atoms with Crippen molar-refractivity contribution in [2.24, 2.45) is 0 Å². The largest absolute Gasteiger partial charge is 0.436 e. The van der Waals surface area contributed by atoms with Crippen LogP contribution in [0, 0.1) is 35.9 Å². The normalized spacial score (nSPS) is 9.50. The topological polar surface area (TPSA) is 18.5 Å². The Bertz CT molecular complexity index is 215. The molecule has 0 rings (SSSR count). The van der Waals surface area contributed by atoms with Crippen molar-refractivity contribution in [1.82, 2.24) is 0 Å². The van der Waals surface area contributed by atoms with Crippen molar-refractivity contribution in [2.45, 2.75) is 0 Å². The summed E-state index contributed by atoms with van der Waals surface area (Å²) in [6.45, 7) is 0.793. The first-order chi connectivity index (χ1) is 5.74. The molecule has 12 heavy (non-hydrogen) atoms. The zero-order valence-electron chi connectivity index (χ0n) is 6.96. The van der Waals surface area contributed by atoms with Gasteiger partial charge < -0.3 is 9.16 Å². The Morgan fingerprint density at radius 3 is 1.92 bits per heavy atom. The van der Waals surface area contributed by atoms with Gasteiger partial charge in [-0.15, -0.1) is 19.3 Å². The minimum Gasteiger partial charge on any atom is -0.385 e. The number of hydrogen-bond donors (Lipinski definition) is 0. The molecular formula is C9H10O2Si. The molecule has 3 heteroatoms. The van der Waals surface area contributed by atoms with Gasteiger partial charge in [0.1, 0.15) is 0 Å². The van der Waals surface area contributed by atoms with Gasteiger partial charge in [-0.3, -0.25) is 0 Å². The number of ether oxygens (including phenoxy) is 1. The van der Waals surface area contributed by atoms with Crippen LogP contribution < -0.4 is 0 Å². The van der Waals surface area contributed by atoms with Gasteiger partial charge in [0.05, 0.1) is 13.2 Å². The van der Waals surface area contributed by atoms with Gasteiger partial charge in [-0.2, -0.15) is 0 Å². The maximum atomic E-state index is 5.22. The zero-order chi connectivity index (χ0) is 9.45. The van der Waals surface area contributed by atoms with E-state index in [2.05, 4.69) is 16.6 Å². The van der Waals surface area contributed by atoms with Crippen molar-refractivity contribution in [3.63, 3.8) is 0 Å². The van der Waals surface area contributed by atoms with Crippen LogP contribution in [0.2, 0.25) is 0 Å². The fourth-order valence-corrected chi connectivity index (χ4v) is 1.42. The number of terminal acetylenes is 3. The lowest BCUT2D eigenvalue weighted by molar-refractivity contribution is 0.146. The smallest absolute Gasteiger partial charge is 0.385 e.